The van der Waals surface area contributed by atoms with Gasteiger partial charge in [-0.2, -0.15) is 5.10 Å². The quantitative estimate of drug-likeness (QED) is 0.536. The largest absolute Gasteiger partial charge is 0.497 e. The molecule has 0 aromatic heterocycles. The lowest BCUT2D eigenvalue weighted by Crippen LogP contribution is -2.22. The molecule has 0 heterocycles. The highest BCUT2D eigenvalue weighted by Gasteiger charge is 2.09. The summed E-state index contributed by atoms with van der Waals surface area (Å²) in [5, 5.41) is 7.46. The molecule has 0 aliphatic carbocycles. The highest BCUT2D eigenvalue weighted by Crippen LogP contribution is 2.25. The van der Waals surface area contributed by atoms with Crippen molar-refractivity contribution in [2.24, 2.45) is 5.10 Å². The zero-order valence-electron chi connectivity index (χ0n) is 14.9. The van der Waals surface area contributed by atoms with Gasteiger partial charge in [0.2, 0.25) is 11.8 Å². The molecule has 2 rings (SSSR count). The lowest BCUT2D eigenvalue weighted by atomic mass is 10.1. The van der Waals surface area contributed by atoms with Crippen LogP contribution in [0, 0.1) is 0 Å². The number of nitrogens with zero attached hydrogens (tertiary/aromatic N) is 1. The number of halogens is 2. The van der Waals surface area contributed by atoms with Crippen LogP contribution in [0.2, 0.25) is 10.0 Å². The second-order valence-electron chi connectivity index (χ2n) is 5.76. The Morgan fingerprint density at radius 1 is 1.07 bits per heavy atom. The van der Waals surface area contributed by atoms with Gasteiger partial charge in [0.15, 0.2) is 0 Å². The minimum Gasteiger partial charge on any atom is -0.497 e. The Bertz CT molecular complexity index is 852. The third-order valence-corrected chi connectivity index (χ3v) is 4.08. The van der Waals surface area contributed by atoms with Gasteiger partial charge in [0, 0.05) is 10.7 Å². The monoisotopic (exact) mass is 407 g/mol. The zero-order valence-corrected chi connectivity index (χ0v) is 16.4. The highest BCUT2D eigenvalue weighted by atomic mass is 35.5. The van der Waals surface area contributed by atoms with Gasteiger partial charge in [-0.25, -0.2) is 5.43 Å². The molecular weight excluding hydrogens is 389 g/mol. The molecule has 0 aliphatic heterocycles. The van der Waals surface area contributed by atoms with E-state index in [-0.39, 0.29) is 24.7 Å². The van der Waals surface area contributed by atoms with Crippen molar-refractivity contribution in [2.75, 3.05) is 12.4 Å². The number of anilines is 1. The van der Waals surface area contributed by atoms with E-state index in [1.165, 1.54) is 0 Å². The molecule has 0 unspecified atom stereocenters. The van der Waals surface area contributed by atoms with Crippen molar-refractivity contribution >= 4 is 46.4 Å². The summed E-state index contributed by atoms with van der Waals surface area (Å²) >= 11 is 11.9. The van der Waals surface area contributed by atoms with Crippen molar-refractivity contribution in [3.05, 3.63) is 58.1 Å². The number of amides is 2. The van der Waals surface area contributed by atoms with Crippen molar-refractivity contribution < 1.29 is 14.3 Å². The summed E-state index contributed by atoms with van der Waals surface area (Å²) in [6.07, 6.45) is 0.177. The number of benzene rings is 2. The first-order valence-corrected chi connectivity index (χ1v) is 8.83. The Hall–Kier alpha value is -2.57. The Labute approximate surface area is 167 Å². The van der Waals surface area contributed by atoms with Crippen molar-refractivity contribution in [2.45, 2.75) is 19.8 Å². The molecular formula is C19H19Cl2N3O3. The van der Waals surface area contributed by atoms with Crippen LogP contribution in [0.3, 0.4) is 0 Å². The first-order chi connectivity index (χ1) is 12.9. The predicted octanol–water partition coefficient (Wildman–Crippen LogP) is 4.07. The van der Waals surface area contributed by atoms with Crippen LogP contribution in [0.4, 0.5) is 5.69 Å². The molecule has 8 heteroatoms. The Kier molecular flexibility index (Phi) is 7.64. The van der Waals surface area contributed by atoms with E-state index < -0.39 is 0 Å². The first-order valence-electron chi connectivity index (χ1n) is 8.07. The van der Waals surface area contributed by atoms with Crippen LogP contribution in [0.15, 0.2) is 47.6 Å². The second kappa shape index (κ2) is 9.94. The summed E-state index contributed by atoms with van der Waals surface area (Å²) in [5.41, 5.74) is 4.14. The fourth-order valence-electron chi connectivity index (χ4n) is 2.19. The summed E-state index contributed by atoms with van der Waals surface area (Å²) in [6.45, 7) is 1.65. The summed E-state index contributed by atoms with van der Waals surface area (Å²) < 4.78 is 5.07. The number of methoxy groups -OCH3 is 1. The highest BCUT2D eigenvalue weighted by molar-refractivity contribution is 6.35. The summed E-state index contributed by atoms with van der Waals surface area (Å²) in [4.78, 5) is 24.0. The molecule has 0 atom stereocenters. The molecule has 27 heavy (non-hydrogen) atoms. The van der Waals surface area contributed by atoms with E-state index in [4.69, 9.17) is 27.9 Å². The Balaban J connectivity index is 1.84. The fourth-order valence-corrected chi connectivity index (χ4v) is 2.52. The van der Waals surface area contributed by atoms with Gasteiger partial charge in [-0.05, 0) is 42.8 Å². The molecule has 2 aromatic carbocycles. The molecule has 6 nitrogen and oxygen atoms in total. The maximum atomic E-state index is 12.1. The maximum absolute atomic E-state index is 12.1. The van der Waals surface area contributed by atoms with E-state index in [2.05, 4.69) is 15.8 Å². The number of nitrogens with one attached hydrogen (secondary N) is 2. The number of hydrogen-bond acceptors (Lipinski definition) is 4. The van der Waals surface area contributed by atoms with Gasteiger partial charge in [-0.1, -0.05) is 35.3 Å². The minimum absolute atomic E-state index is 0.00561. The standard InChI is InChI=1S/C19H19Cl2N3O3/c1-12(9-18(25)22-17-11-14(20)5-8-16(17)21)23-24-19(26)10-13-3-6-15(27-2)7-4-13/h3-8,11H,9-10H2,1-2H3,(H,22,25)(H,24,26). The van der Waals surface area contributed by atoms with Crippen LogP contribution in [0.1, 0.15) is 18.9 Å². The number of carbonyl (C=O) groups excluding carboxylic acids is 2. The van der Waals surface area contributed by atoms with Crippen LogP contribution in [-0.4, -0.2) is 24.6 Å². The average molecular weight is 408 g/mol. The van der Waals surface area contributed by atoms with Gasteiger partial charge >= 0.3 is 0 Å². The molecule has 0 saturated carbocycles. The van der Waals surface area contributed by atoms with Gasteiger partial charge in [-0.3, -0.25) is 9.59 Å². The van der Waals surface area contributed by atoms with Gasteiger partial charge in [0.1, 0.15) is 5.75 Å². The van der Waals surface area contributed by atoms with Crippen LogP contribution >= 0.6 is 23.2 Å². The molecule has 142 valence electrons. The molecule has 0 bridgehead atoms. The zero-order chi connectivity index (χ0) is 19.8. The maximum Gasteiger partial charge on any atom is 0.244 e. The van der Waals surface area contributed by atoms with E-state index >= 15 is 0 Å². The van der Waals surface area contributed by atoms with E-state index in [1.54, 1.807) is 56.5 Å². The number of ether oxygens (including phenoxy) is 1. The molecule has 0 saturated heterocycles. The van der Waals surface area contributed by atoms with Gasteiger partial charge < -0.3 is 10.1 Å². The van der Waals surface area contributed by atoms with Crippen molar-refractivity contribution in [1.82, 2.24) is 5.43 Å². The second-order valence-corrected chi connectivity index (χ2v) is 6.60. The van der Waals surface area contributed by atoms with E-state index in [1.807, 2.05) is 0 Å². The number of hydrazone groups is 1. The third-order valence-electron chi connectivity index (χ3n) is 3.51. The molecule has 2 amide bonds. The topological polar surface area (TPSA) is 79.8 Å². The Morgan fingerprint density at radius 2 is 1.78 bits per heavy atom. The van der Waals surface area contributed by atoms with Gasteiger partial charge in [-0.15, -0.1) is 0 Å². The van der Waals surface area contributed by atoms with Crippen LogP contribution in [0.25, 0.3) is 0 Å². The lowest BCUT2D eigenvalue weighted by Gasteiger charge is -2.08. The fraction of sp³-hybridized carbons (Fsp3) is 0.211. The normalized spacial score (nSPS) is 11.0. The smallest absolute Gasteiger partial charge is 0.244 e. The predicted molar refractivity (Wildman–Crippen MR) is 108 cm³/mol. The lowest BCUT2D eigenvalue weighted by molar-refractivity contribution is -0.120. The summed E-state index contributed by atoms with van der Waals surface area (Å²) in [6, 6.07) is 12.0. The van der Waals surface area contributed by atoms with E-state index in [0.717, 1.165) is 11.3 Å². The van der Waals surface area contributed by atoms with Crippen molar-refractivity contribution in [1.29, 1.82) is 0 Å². The van der Waals surface area contributed by atoms with Crippen LogP contribution in [-0.2, 0) is 16.0 Å². The molecule has 0 spiro atoms. The van der Waals surface area contributed by atoms with Gasteiger partial charge in [0.05, 0.1) is 30.7 Å². The molecule has 0 aliphatic rings. The molecule has 2 N–H and O–H groups in total. The third kappa shape index (κ3) is 6.92. The van der Waals surface area contributed by atoms with Crippen LogP contribution in [0.5, 0.6) is 5.75 Å². The number of rotatable bonds is 7. The van der Waals surface area contributed by atoms with Gasteiger partial charge in [0.25, 0.3) is 0 Å². The molecule has 0 radical (unpaired) electrons. The average Bonchev–Trinajstić information content (AvgIpc) is 2.63. The summed E-state index contributed by atoms with van der Waals surface area (Å²) in [5.74, 6) is 0.126. The number of carbonyl (C=O) groups is 2. The summed E-state index contributed by atoms with van der Waals surface area (Å²) in [7, 11) is 1.58. The van der Waals surface area contributed by atoms with Crippen molar-refractivity contribution in [3.8, 4) is 5.75 Å². The van der Waals surface area contributed by atoms with Crippen molar-refractivity contribution in [3.63, 3.8) is 0 Å². The Morgan fingerprint density at radius 3 is 2.44 bits per heavy atom. The number of hydrogen-bond donors (Lipinski definition) is 2. The van der Waals surface area contributed by atoms with Crippen LogP contribution < -0.4 is 15.5 Å². The van der Waals surface area contributed by atoms with E-state index in [9.17, 15) is 9.59 Å². The first kappa shape index (κ1) is 20.7. The van der Waals surface area contributed by atoms with E-state index in [0.29, 0.717) is 21.4 Å². The molecule has 0 fully saturated rings. The SMILES string of the molecule is COc1ccc(CC(=O)NN=C(C)CC(=O)Nc2cc(Cl)ccc2Cl)cc1. The minimum atomic E-state index is -0.315. The molecule has 2 aromatic rings.